The Labute approximate surface area is 159 Å². The largest absolute Gasteiger partial charge is 0.339 e. The van der Waals surface area contributed by atoms with Crippen LogP contribution < -0.4 is 0 Å². The molecule has 1 heterocycles. The van der Waals surface area contributed by atoms with Gasteiger partial charge in [-0.3, -0.25) is 19.3 Å². The second-order valence-corrected chi connectivity index (χ2v) is 7.68. The summed E-state index contributed by atoms with van der Waals surface area (Å²) in [5.41, 5.74) is 0.879. The summed E-state index contributed by atoms with van der Waals surface area (Å²) in [4.78, 5) is 40.5. The summed E-state index contributed by atoms with van der Waals surface area (Å²) >= 11 is 6.22. The number of imide groups is 1. The van der Waals surface area contributed by atoms with Crippen LogP contribution in [0, 0.1) is 11.8 Å². The molecule has 5 nitrogen and oxygen atoms in total. The maximum Gasteiger partial charge on any atom is 0.233 e. The van der Waals surface area contributed by atoms with Gasteiger partial charge in [-0.15, -0.1) is 0 Å². The molecule has 0 N–H and O–H groups in total. The highest BCUT2D eigenvalue weighted by atomic mass is 35.5. The molecule has 1 saturated heterocycles. The molecule has 140 valence electrons. The Morgan fingerprint density at radius 3 is 2.35 bits per heavy atom. The monoisotopic (exact) mass is 376 g/mol. The zero-order valence-corrected chi connectivity index (χ0v) is 16.0. The molecule has 0 bridgehead atoms. The number of nitrogens with zero attached hydrogens (tertiary/aromatic N) is 2. The lowest BCUT2D eigenvalue weighted by Gasteiger charge is -2.27. The fourth-order valence-corrected chi connectivity index (χ4v) is 4.37. The molecule has 1 aromatic rings. The van der Waals surface area contributed by atoms with E-state index in [4.69, 9.17) is 11.6 Å². The fourth-order valence-electron chi connectivity index (χ4n) is 4.07. The van der Waals surface area contributed by atoms with Gasteiger partial charge < -0.3 is 4.90 Å². The molecule has 1 aliphatic heterocycles. The van der Waals surface area contributed by atoms with Crippen molar-refractivity contribution in [3.63, 3.8) is 0 Å². The van der Waals surface area contributed by atoms with E-state index in [2.05, 4.69) is 0 Å². The van der Waals surface area contributed by atoms with Crippen molar-refractivity contribution >= 4 is 29.3 Å². The van der Waals surface area contributed by atoms with Gasteiger partial charge in [-0.25, -0.2) is 0 Å². The summed E-state index contributed by atoms with van der Waals surface area (Å²) in [7, 11) is 1.73. The lowest BCUT2D eigenvalue weighted by Crippen LogP contribution is -2.37. The van der Waals surface area contributed by atoms with Gasteiger partial charge in [0.1, 0.15) is 0 Å². The first-order valence-corrected chi connectivity index (χ1v) is 9.65. The normalized spacial score (nSPS) is 23.7. The van der Waals surface area contributed by atoms with Crippen LogP contribution >= 0.6 is 11.6 Å². The van der Waals surface area contributed by atoms with Crippen molar-refractivity contribution in [3.8, 4) is 0 Å². The second kappa shape index (κ2) is 7.78. The van der Waals surface area contributed by atoms with Crippen molar-refractivity contribution < 1.29 is 14.4 Å². The quantitative estimate of drug-likeness (QED) is 0.740. The third-order valence-corrected chi connectivity index (χ3v) is 6.16. The topological polar surface area (TPSA) is 57.7 Å². The lowest BCUT2D eigenvalue weighted by atomic mass is 9.81. The third kappa shape index (κ3) is 3.50. The SMILES string of the molecule is CC(c1ccccc1Cl)N(C)C(=O)CCN1C(=O)C2CCCCC2C1=O. The van der Waals surface area contributed by atoms with Crippen molar-refractivity contribution in [3.05, 3.63) is 34.9 Å². The molecule has 2 fully saturated rings. The first kappa shape index (κ1) is 18.9. The van der Waals surface area contributed by atoms with Crippen LogP contribution in [0.5, 0.6) is 0 Å². The Kier molecular flexibility index (Phi) is 5.66. The zero-order chi connectivity index (χ0) is 18.8. The Morgan fingerprint density at radius 2 is 1.77 bits per heavy atom. The maximum absolute atomic E-state index is 12.6. The average Bonchev–Trinajstić information content (AvgIpc) is 2.90. The third-order valence-electron chi connectivity index (χ3n) is 5.81. The van der Waals surface area contributed by atoms with E-state index in [9.17, 15) is 14.4 Å². The molecule has 26 heavy (non-hydrogen) atoms. The Bertz CT molecular complexity index is 697. The van der Waals surface area contributed by atoms with E-state index in [1.54, 1.807) is 18.0 Å². The van der Waals surface area contributed by atoms with Crippen molar-refractivity contribution in [1.29, 1.82) is 0 Å². The number of likely N-dealkylation sites (tertiary alicyclic amines) is 1. The Balaban J connectivity index is 1.61. The van der Waals surface area contributed by atoms with Crippen LogP contribution in [-0.4, -0.2) is 41.1 Å². The molecule has 0 aromatic heterocycles. The molecule has 2 aliphatic rings. The van der Waals surface area contributed by atoms with E-state index >= 15 is 0 Å². The average molecular weight is 377 g/mol. The highest BCUT2D eigenvalue weighted by Gasteiger charge is 2.47. The first-order valence-electron chi connectivity index (χ1n) is 9.27. The Hall–Kier alpha value is -1.88. The van der Waals surface area contributed by atoms with Gasteiger partial charge >= 0.3 is 0 Å². The van der Waals surface area contributed by atoms with Gasteiger partial charge in [0.05, 0.1) is 17.9 Å². The first-order chi connectivity index (χ1) is 12.4. The van der Waals surface area contributed by atoms with Crippen LogP contribution in [0.3, 0.4) is 0 Å². The molecule has 3 unspecified atom stereocenters. The van der Waals surface area contributed by atoms with Gasteiger partial charge in [0.15, 0.2) is 0 Å². The predicted molar refractivity (Wildman–Crippen MR) is 99.4 cm³/mol. The number of fused-ring (bicyclic) bond motifs is 1. The van der Waals surface area contributed by atoms with E-state index in [1.807, 2.05) is 25.1 Å². The van der Waals surface area contributed by atoms with Gasteiger partial charge in [0.2, 0.25) is 17.7 Å². The minimum Gasteiger partial charge on any atom is -0.339 e. The van der Waals surface area contributed by atoms with Crippen molar-refractivity contribution in [2.24, 2.45) is 11.8 Å². The second-order valence-electron chi connectivity index (χ2n) is 7.28. The van der Waals surface area contributed by atoms with E-state index in [0.29, 0.717) is 5.02 Å². The molecule has 6 heteroatoms. The summed E-state index contributed by atoms with van der Waals surface area (Å²) in [5, 5.41) is 0.619. The summed E-state index contributed by atoms with van der Waals surface area (Å²) in [6, 6.07) is 7.26. The van der Waals surface area contributed by atoms with Crippen molar-refractivity contribution in [2.75, 3.05) is 13.6 Å². The van der Waals surface area contributed by atoms with E-state index in [0.717, 1.165) is 31.2 Å². The number of benzene rings is 1. The van der Waals surface area contributed by atoms with Crippen LogP contribution in [-0.2, 0) is 14.4 Å². The lowest BCUT2D eigenvalue weighted by molar-refractivity contribution is -0.141. The molecule has 3 rings (SSSR count). The number of carbonyl (C=O) groups is 3. The molecule has 1 saturated carbocycles. The van der Waals surface area contributed by atoms with Crippen molar-refractivity contribution in [2.45, 2.75) is 45.1 Å². The minimum atomic E-state index is -0.177. The maximum atomic E-state index is 12.6. The van der Waals surface area contributed by atoms with Crippen molar-refractivity contribution in [1.82, 2.24) is 9.80 Å². The standard InChI is InChI=1S/C20H25ClN2O3/c1-13(14-7-5-6-10-17(14)21)22(2)18(24)11-12-23-19(25)15-8-3-4-9-16(15)20(23)26/h5-7,10,13,15-16H,3-4,8-9,11-12H2,1-2H3. The van der Waals surface area contributed by atoms with E-state index < -0.39 is 0 Å². The van der Waals surface area contributed by atoms with Gasteiger partial charge in [0.25, 0.3) is 0 Å². The number of halogens is 1. The number of amides is 3. The molecule has 3 amide bonds. The molecule has 0 spiro atoms. The number of rotatable bonds is 5. The predicted octanol–water partition coefficient (Wildman–Crippen LogP) is 3.42. The van der Waals surface area contributed by atoms with Crippen LogP contribution in [0.25, 0.3) is 0 Å². The fraction of sp³-hybridized carbons (Fsp3) is 0.550. The highest BCUT2D eigenvalue weighted by molar-refractivity contribution is 6.31. The summed E-state index contributed by atoms with van der Waals surface area (Å²) in [6.45, 7) is 2.09. The number of carbonyl (C=O) groups excluding carboxylic acids is 3. The van der Waals surface area contributed by atoms with Crippen LogP contribution in [0.2, 0.25) is 5.02 Å². The summed E-state index contributed by atoms with van der Waals surface area (Å²) in [5.74, 6) is -0.603. The molecular formula is C20H25ClN2O3. The van der Waals surface area contributed by atoms with Gasteiger partial charge in [-0.2, -0.15) is 0 Å². The zero-order valence-electron chi connectivity index (χ0n) is 15.3. The van der Waals surface area contributed by atoms with Gasteiger partial charge in [-0.05, 0) is 31.4 Å². The molecule has 1 aliphatic carbocycles. The highest BCUT2D eigenvalue weighted by Crippen LogP contribution is 2.38. The number of hydrogen-bond acceptors (Lipinski definition) is 3. The molecular weight excluding hydrogens is 352 g/mol. The van der Waals surface area contributed by atoms with E-state index in [-0.39, 0.29) is 48.6 Å². The van der Waals surface area contributed by atoms with E-state index in [1.165, 1.54) is 4.90 Å². The number of hydrogen-bond donors (Lipinski definition) is 0. The van der Waals surface area contributed by atoms with Gasteiger partial charge in [-0.1, -0.05) is 42.6 Å². The van der Waals surface area contributed by atoms with Gasteiger partial charge in [0, 0.05) is 25.0 Å². The van der Waals surface area contributed by atoms with Crippen LogP contribution in [0.1, 0.15) is 50.6 Å². The molecule has 3 atom stereocenters. The van der Waals surface area contributed by atoms with Crippen LogP contribution in [0.4, 0.5) is 0 Å². The minimum absolute atomic E-state index is 0.0886. The molecule has 0 radical (unpaired) electrons. The van der Waals surface area contributed by atoms with Crippen LogP contribution in [0.15, 0.2) is 24.3 Å². The Morgan fingerprint density at radius 1 is 1.19 bits per heavy atom. The summed E-state index contributed by atoms with van der Waals surface area (Å²) < 4.78 is 0. The summed E-state index contributed by atoms with van der Waals surface area (Å²) in [6.07, 6.45) is 3.74. The molecule has 1 aromatic carbocycles. The smallest absolute Gasteiger partial charge is 0.233 e.